The van der Waals surface area contributed by atoms with Crippen LogP contribution in [0.5, 0.6) is 5.75 Å². The molecular weight excluding hydrogens is 316 g/mol. The number of hydrogen-bond donors (Lipinski definition) is 2. The summed E-state index contributed by atoms with van der Waals surface area (Å²) in [6.07, 6.45) is 0.646. The van der Waals surface area contributed by atoms with Crippen molar-refractivity contribution in [1.82, 2.24) is 9.88 Å². The van der Waals surface area contributed by atoms with Crippen LogP contribution in [0.2, 0.25) is 0 Å². The average Bonchev–Trinajstić information content (AvgIpc) is 3.03. The second-order valence-corrected chi connectivity index (χ2v) is 6.29. The molecule has 0 bridgehead atoms. The third-order valence-electron chi connectivity index (χ3n) is 4.75. The molecule has 1 aromatic heterocycles. The maximum Gasteiger partial charge on any atom is 0.261 e. The van der Waals surface area contributed by atoms with Crippen molar-refractivity contribution in [3.05, 3.63) is 65.9 Å². The van der Waals surface area contributed by atoms with Crippen LogP contribution in [0.15, 0.2) is 54.6 Å². The molecule has 2 N–H and O–H groups in total. The van der Waals surface area contributed by atoms with Gasteiger partial charge in [0.05, 0.1) is 19.2 Å². The number of benzene rings is 2. The number of nitrogens with one attached hydrogen (secondary N) is 1. The molecule has 0 spiro atoms. The zero-order valence-corrected chi connectivity index (χ0v) is 13.8. The van der Waals surface area contributed by atoms with Crippen molar-refractivity contribution >= 4 is 16.8 Å². The van der Waals surface area contributed by atoms with Crippen LogP contribution in [0.3, 0.4) is 0 Å². The Morgan fingerprint density at radius 3 is 2.72 bits per heavy atom. The van der Waals surface area contributed by atoms with Crippen LogP contribution in [-0.2, 0) is 17.8 Å². The lowest BCUT2D eigenvalue weighted by molar-refractivity contribution is -0.138. The van der Waals surface area contributed by atoms with Gasteiger partial charge in [-0.25, -0.2) is 0 Å². The fourth-order valence-corrected chi connectivity index (χ4v) is 3.47. The lowest BCUT2D eigenvalue weighted by Crippen LogP contribution is -2.48. The van der Waals surface area contributed by atoms with Crippen molar-refractivity contribution in [2.45, 2.75) is 19.0 Å². The number of rotatable bonds is 4. The smallest absolute Gasteiger partial charge is 0.261 e. The molecule has 5 heteroatoms. The molecule has 0 saturated heterocycles. The topological polar surface area (TPSA) is 65.6 Å². The Hall–Kier alpha value is -2.79. The fraction of sp³-hybridized carbons (Fsp3) is 0.250. The van der Waals surface area contributed by atoms with Gasteiger partial charge in [-0.3, -0.25) is 4.79 Å². The fourth-order valence-electron chi connectivity index (χ4n) is 3.47. The molecule has 4 rings (SSSR count). The molecule has 1 aliphatic rings. The zero-order chi connectivity index (χ0) is 17.2. The molecule has 0 saturated carbocycles. The lowest BCUT2D eigenvalue weighted by atomic mass is 9.97. The number of amides is 1. The summed E-state index contributed by atoms with van der Waals surface area (Å²) in [5, 5.41) is 11.0. The van der Waals surface area contributed by atoms with Crippen molar-refractivity contribution < 1.29 is 14.6 Å². The minimum Gasteiger partial charge on any atom is -0.484 e. The number of ether oxygens (including phenoxy) is 1. The molecule has 2 heterocycles. The van der Waals surface area contributed by atoms with Gasteiger partial charge in [0.2, 0.25) is 0 Å². The Bertz CT molecular complexity index is 888. The highest BCUT2D eigenvalue weighted by Gasteiger charge is 2.31. The number of aromatic nitrogens is 1. The number of aromatic amines is 1. The van der Waals surface area contributed by atoms with E-state index in [-0.39, 0.29) is 25.2 Å². The Morgan fingerprint density at radius 1 is 1.16 bits per heavy atom. The molecule has 25 heavy (non-hydrogen) atoms. The molecule has 1 unspecified atom stereocenters. The number of fused-ring (bicyclic) bond motifs is 3. The molecular formula is C20H20N2O3. The minimum absolute atomic E-state index is 0.0317. The van der Waals surface area contributed by atoms with Crippen LogP contribution in [0, 0.1) is 0 Å². The molecule has 0 radical (unpaired) electrons. The average molecular weight is 336 g/mol. The van der Waals surface area contributed by atoms with Gasteiger partial charge in [0.15, 0.2) is 6.61 Å². The van der Waals surface area contributed by atoms with Gasteiger partial charge in [0.1, 0.15) is 5.75 Å². The second kappa shape index (κ2) is 6.61. The molecule has 3 aromatic rings. The number of nitrogens with zero attached hydrogens (tertiary/aromatic N) is 1. The molecule has 1 amide bonds. The van der Waals surface area contributed by atoms with Gasteiger partial charge in [-0.05, 0) is 30.2 Å². The number of aliphatic hydroxyl groups is 1. The second-order valence-electron chi connectivity index (χ2n) is 6.29. The number of hydrogen-bond acceptors (Lipinski definition) is 3. The summed E-state index contributed by atoms with van der Waals surface area (Å²) in [6, 6.07) is 17.2. The van der Waals surface area contributed by atoms with Gasteiger partial charge < -0.3 is 19.7 Å². The quantitative estimate of drug-likeness (QED) is 0.769. The zero-order valence-electron chi connectivity index (χ0n) is 13.8. The molecule has 1 atom stereocenters. The van der Waals surface area contributed by atoms with Crippen LogP contribution in [-0.4, -0.2) is 40.2 Å². The predicted molar refractivity (Wildman–Crippen MR) is 95.4 cm³/mol. The Morgan fingerprint density at radius 2 is 1.92 bits per heavy atom. The lowest BCUT2D eigenvalue weighted by Gasteiger charge is -2.34. The summed E-state index contributed by atoms with van der Waals surface area (Å²) in [4.78, 5) is 17.8. The van der Waals surface area contributed by atoms with Crippen LogP contribution >= 0.6 is 0 Å². The van der Waals surface area contributed by atoms with Crippen LogP contribution < -0.4 is 4.74 Å². The first-order valence-corrected chi connectivity index (χ1v) is 8.43. The third kappa shape index (κ3) is 2.98. The van der Waals surface area contributed by atoms with E-state index in [1.165, 1.54) is 10.9 Å². The highest BCUT2D eigenvalue weighted by molar-refractivity contribution is 5.86. The molecule has 0 fully saturated rings. The standard InChI is InChI=1S/C20H20N2O3/c23-12-14-10-17-16-8-4-5-9-18(16)21-19(17)11-22(14)20(24)13-25-15-6-2-1-3-7-15/h1-9,14,21,23H,10-13H2. The van der Waals surface area contributed by atoms with Crippen LogP contribution in [0.25, 0.3) is 10.9 Å². The van der Waals surface area contributed by atoms with Gasteiger partial charge in [-0.1, -0.05) is 36.4 Å². The van der Waals surface area contributed by atoms with Crippen molar-refractivity contribution in [3.8, 4) is 5.75 Å². The highest BCUT2D eigenvalue weighted by atomic mass is 16.5. The first-order valence-electron chi connectivity index (χ1n) is 8.43. The summed E-state index contributed by atoms with van der Waals surface area (Å²) in [6.45, 7) is 0.373. The number of H-pyrrole nitrogens is 1. The van der Waals surface area contributed by atoms with Crippen LogP contribution in [0.1, 0.15) is 11.3 Å². The molecule has 5 nitrogen and oxygen atoms in total. The van der Waals surface area contributed by atoms with Crippen molar-refractivity contribution in [2.75, 3.05) is 13.2 Å². The van der Waals surface area contributed by atoms with E-state index in [0.29, 0.717) is 18.7 Å². The first-order chi connectivity index (χ1) is 12.3. The third-order valence-corrected chi connectivity index (χ3v) is 4.75. The van der Waals surface area contributed by atoms with E-state index >= 15 is 0 Å². The Balaban J connectivity index is 1.54. The largest absolute Gasteiger partial charge is 0.484 e. The Labute approximate surface area is 145 Å². The summed E-state index contributed by atoms with van der Waals surface area (Å²) >= 11 is 0. The number of aliphatic hydroxyl groups excluding tert-OH is 1. The molecule has 1 aliphatic heterocycles. The van der Waals surface area contributed by atoms with E-state index in [1.54, 1.807) is 4.90 Å². The predicted octanol–water partition coefficient (Wildman–Crippen LogP) is 2.49. The van der Waals surface area contributed by atoms with Crippen molar-refractivity contribution in [1.29, 1.82) is 0 Å². The maximum absolute atomic E-state index is 12.6. The van der Waals surface area contributed by atoms with Crippen molar-refractivity contribution in [2.24, 2.45) is 0 Å². The summed E-state index contributed by atoms with van der Waals surface area (Å²) in [7, 11) is 0. The number of para-hydroxylation sites is 2. The Kier molecular flexibility index (Phi) is 4.15. The van der Waals surface area contributed by atoms with E-state index in [4.69, 9.17) is 4.74 Å². The van der Waals surface area contributed by atoms with Gasteiger partial charge in [0.25, 0.3) is 5.91 Å². The van der Waals surface area contributed by atoms with Gasteiger partial charge in [0, 0.05) is 16.6 Å². The van der Waals surface area contributed by atoms with E-state index in [2.05, 4.69) is 11.1 Å². The van der Waals surface area contributed by atoms with E-state index in [9.17, 15) is 9.90 Å². The van der Waals surface area contributed by atoms with Gasteiger partial charge in [-0.15, -0.1) is 0 Å². The summed E-state index contributed by atoms with van der Waals surface area (Å²) in [5.41, 5.74) is 3.31. The number of carbonyl (C=O) groups excluding carboxylic acids is 1. The van der Waals surface area contributed by atoms with Crippen LogP contribution in [0.4, 0.5) is 0 Å². The SMILES string of the molecule is O=C(COc1ccccc1)N1Cc2[nH]c3ccccc3c2CC1CO. The monoisotopic (exact) mass is 336 g/mol. The van der Waals surface area contributed by atoms with E-state index < -0.39 is 0 Å². The first kappa shape index (κ1) is 15.7. The molecule has 2 aromatic carbocycles. The number of carbonyl (C=O) groups is 1. The summed E-state index contributed by atoms with van der Waals surface area (Å²) in [5.74, 6) is 0.548. The van der Waals surface area contributed by atoms with E-state index in [1.807, 2.05) is 48.5 Å². The maximum atomic E-state index is 12.6. The minimum atomic E-state index is -0.224. The van der Waals surface area contributed by atoms with Crippen molar-refractivity contribution in [3.63, 3.8) is 0 Å². The van der Waals surface area contributed by atoms with Gasteiger partial charge >= 0.3 is 0 Å². The molecule has 128 valence electrons. The summed E-state index contributed by atoms with van der Waals surface area (Å²) < 4.78 is 5.58. The van der Waals surface area contributed by atoms with Gasteiger partial charge in [-0.2, -0.15) is 0 Å². The van der Waals surface area contributed by atoms with E-state index in [0.717, 1.165) is 11.2 Å². The molecule has 0 aliphatic carbocycles. The highest BCUT2D eigenvalue weighted by Crippen LogP contribution is 2.30. The normalized spacial score (nSPS) is 16.7.